The summed E-state index contributed by atoms with van der Waals surface area (Å²) in [6, 6.07) is 8.51. The Balaban J connectivity index is 2.62. The summed E-state index contributed by atoms with van der Waals surface area (Å²) < 4.78 is 4.67. The van der Waals surface area contributed by atoms with Gasteiger partial charge >= 0.3 is 5.97 Å². The van der Waals surface area contributed by atoms with Gasteiger partial charge in [-0.3, -0.25) is 4.79 Å². The summed E-state index contributed by atoms with van der Waals surface area (Å²) in [4.78, 5) is 11.1. The van der Waals surface area contributed by atoms with Crippen LogP contribution in [0.15, 0.2) is 24.3 Å². The highest BCUT2D eigenvalue weighted by Crippen LogP contribution is 2.20. The second kappa shape index (κ2) is 6.31. The normalized spacial score (nSPS) is 12.2. The number of carbonyl (C=O) groups excluding carboxylic acids is 1. The highest BCUT2D eigenvalue weighted by molar-refractivity contribution is 5.70. The van der Waals surface area contributed by atoms with E-state index in [1.165, 1.54) is 18.2 Å². The molecule has 0 aromatic heterocycles. The lowest BCUT2D eigenvalue weighted by Crippen LogP contribution is -2.05. The van der Waals surface area contributed by atoms with Crippen LogP contribution in [0.25, 0.3) is 0 Å². The lowest BCUT2D eigenvalue weighted by molar-refractivity contribution is -0.140. The lowest BCUT2D eigenvalue weighted by Gasteiger charge is -2.11. The summed E-state index contributed by atoms with van der Waals surface area (Å²) >= 11 is 0. The van der Waals surface area contributed by atoms with Crippen molar-refractivity contribution in [1.82, 2.24) is 0 Å². The van der Waals surface area contributed by atoms with Crippen molar-refractivity contribution >= 4 is 5.97 Å². The molecule has 0 saturated heterocycles. The number of hydrogen-bond donors (Lipinski definition) is 0. The molecule has 0 heterocycles. The van der Waals surface area contributed by atoms with Crippen molar-refractivity contribution < 1.29 is 9.53 Å². The molecule has 0 fully saturated rings. The van der Waals surface area contributed by atoms with Gasteiger partial charge in [0.05, 0.1) is 13.5 Å². The van der Waals surface area contributed by atoms with E-state index in [0.29, 0.717) is 6.42 Å². The quantitative estimate of drug-likeness (QED) is 0.712. The van der Waals surface area contributed by atoms with E-state index in [1.807, 2.05) is 6.92 Å². The van der Waals surface area contributed by atoms with Gasteiger partial charge in [0.2, 0.25) is 0 Å². The van der Waals surface area contributed by atoms with Crippen LogP contribution in [0.1, 0.15) is 43.7 Å². The molecule has 88 valence electrons. The molecule has 1 atom stereocenters. The van der Waals surface area contributed by atoms with Crippen molar-refractivity contribution in [2.24, 2.45) is 0 Å². The van der Waals surface area contributed by atoms with E-state index in [-0.39, 0.29) is 11.9 Å². The van der Waals surface area contributed by atoms with Crippen LogP contribution in [-0.2, 0) is 16.0 Å². The van der Waals surface area contributed by atoms with Crippen LogP contribution in [0.4, 0.5) is 0 Å². The molecule has 0 amide bonds. The van der Waals surface area contributed by atoms with Gasteiger partial charge in [-0.15, -0.1) is 0 Å². The number of methoxy groups -OCH3 is 1. The minimum Gasteiger partial charge on any atom is -0.469 e. The van der Waals surface area contributed by atoms with Gasteiger partial charge < -0.3 is 4.74 Å². The predicted molar refractivity (Wildman–Crippen MR) is 65.5 cm³/mol. The van der Waals surface area contributed by atoms with Gasteiger partial charge in [0.1, 0.15) is 0 Å². The number of rotatable bonds is 5. The first kappa shape index (κ1) is 12.8. The van der Waals surface area contributed by atoms with Crippen LogP contribution < -0.4 is 0 Å². The maximum absolute atomic E-state index is 11.1. The molecule has 0 saturated carbocycles. The van der Waals surface area contributed by atoms with Crippen LogP contribution in [0.3, 0.4) is 0 Å². The van der Waals surface area contributed by atoms with E-state index in [0.717, 1.165) is 12.8 Å². The molecule has 0 aliphatic carbocycles. The van der Waals surface area contributed by atoms with Crippen molar-refractivity contribution in [2.75, 3.05) is 7.11 Å². The first-order valence-corrected chi connectivity index (χ1v) is 5.83. The van der Waals surface area contributed by atoms with E-state index < -0.39 is 0 Å². The van der Waals surface area contributed by atoms with Gasteiger partial charge in [0, 0.05) is 0 Å². The Morgan fingerprint density at radius 2 is 1.94 bits per heavy atom. The standard InChI is InChI=1S/C14H20O2/c1-4-5-12-6-8-13(9-7-12)11(2)10-14(15)16-3/h6-9,11H,4-5,10H2,1-3H3. The monoisotopic (exact) mass is 220 g/mol. The van der Waals surface area contributed by atoms with Crippen molar-refractivity contribution in [1.29, 1.82) is 0 Å². The highest BCUT2D eigenvalue weighted by Gasteiger charge is 2.10. The minimum absolute atomic E-state index is 0.148. The third-order valence-corrected chi connectivity index (χ3v) is 2.79. The molecule has 0 N–H and O–H groups in total. The first-order valence-electron chi connectivity index (χ1n) is 5.83. The molecule has 1 unspecified atom stereocenters. The molecule has 1 rings (SSSR count). The summed E-state index contributed by atoms with van der Waals surface area (Å²) in [7, 11) is 1.43. The molecule has 1 aromatic rings. The zero-order valence-electron chi connectivity index (χ0n) is 10.3. The number of ether oxygens (including phenoxy) is 1. The fraction of sp³-hybridized carbons (Fsp3) is 0.500. The van der Waals surface area contributed by atoms with E-state index >= 15 is 0 Å². The molecule has 0 aliphatic rings. The number of hydrogen-bond acceptors (Lipinski definition) is 2. The van der Waals surface area contributed by atoms with Crippen LogP contribution in [0.2, 0.25) is 0 Å². The van der Waals surface area contributed by atoms with Gasteiger partial charge in [0.25, 0.3) is 0 Å². The summed E-state index contributed by atoms with van der Waals surface area (Å²) in [6.07, 6.45) is 2.73. The first-order chi connectivity index (χ1) is 7.67. The van der Waals surface area contributed by atoms with Crippen molar-refractivity contribution in [3.63, 3.8) is 0 Å². The Hall–Kier alpha value is -1.31. The average Bonchev–Trinajstić information content (AvgIpc) is 2.30. The molecule has 0 spiro atoms. The molecule has 0 aliphatic heterocycles. The van der Waals surface area contributed by atoms with Gasteiger partial charge in [-0.1, -0.05) is 44.5 Å². The van der Waals surface area contributed by atoms with Gasteiger partial charge in [-0.05, 0) is 23.5 Å². The third kappa shape index (κ3) is 3.69. The fourth-order valence-electron chi connectivity index (χ4n) is 1.75. The summed E-state index contributed by atoms with van der Waals surface area (Å²) in [5, 5.41) is 0. The van der Waals surface area contributed by atoms with Crippen LogP contribution in [0.5, 0.6) is 0 Å². The number of carbonyl (C=O) groups is 1. The van der Waals surface area contributed by atoms with E-state index in [2.05, 4.69) is 35.9 Å². The SMILES string of the molecule is CCCc1ccc(C(C)CC(=O)OC)cc1. The Morgan fingerprint density at radius 1 is 1.31 bits per heavy atom. The smallest absolute Gasteiger partial charge is 0.306 e. The minimum atomic E-state index is -0.148. The van der Waals surface area contributed by atoms with Gasteiger partial charge in [-0.2, -0.15) is 0 Å². The number of benzene rings is 1. The Labute approximate surface area is 97.6 Å². The van der Waals surface area contributed by atoms with Crippen molar-refractivity contribution in [3.8, 4) is 0 Å². The number of esters is 1. The van der Waals surface area contributed by atoms with Gasteiger partial charge in [0.15, 0.2) is 0 Å². The van der Waals surface area contributed by atoms with Crippen LogP contribution >= 0.6 is 0 Å². The van der Waals surface area contributed by atoms with Gasteiger partial charge in [-0.25, -0.2) is 0 Å². The number of aryl methyl sites for hydroxylation is 1. The average molecular weight is 220 g/mol. The largest absolute Gasteiger partial charge is 0.469 e. The van der Waals surface area contributed by atoms with E-state index in [1.54, 1.807) is 0 Å². The molecule has 0 radical (unpaired) electrons. The molecular weight excluding hydrogens is 200 g/mol. The predicted octanol–water partition coefficient (Wildman–Crippen LogP) is 3.31. The summed E-state index contributed by atoms with van der Waals surface area (Å²) in [6.45, 7) is 4.22. The topological polar surface area (TPSA) is 26.3 Å². The fourth-order valence-corrected chi connectivity index (χ4v) is 1.75. The van der Waals surface area contributed by atoms with E-state index in [4.69, 9.17) is 0 Å². The molecule has 1 aromatic carbocycles. The zero-order chi connectivity index (χ0) is 12.0. The van der Waals surface area contributed by atoms with E-state index in [9.17, 15) is 4.79 Å². The summed E-state index contributed by atoms with van der Waals surface area (Å²) in [5.41, 5.74) is 2.56. The molecular formula is C14H20O2. The lowest BCUT2D eigenvalue weighted by atomic mass is 9.96. The zero-order valence-corrected chi connectivity index (χ0v) is 10.3. The molecule has 2 nitrogen and oxygen atoms in total. The Bertz CT molecular complexity index is 327. The van der Waals surface area contributed by atoms with Crippen LogP contribution in [-0.4, -0.2) is 13.1 Å². The Morgan fingerprint density at radius 3 is 2.44 bits per heavy atom. The Kier molecular flexibility index (Phi) is 5.03. The highest BCUT2D eigenvalue weighted by atomic mass is 16.5. The van der Waals surface area contributed by atoms with Crippen LogP contribution in [0, 0.1) is 0 Å². The van der Waals surface area contributed by atoms with Crippen molar-refractivity contribution in [2.45, 2.75) is 39.0 Å². The summed E-state index contributed by atoms with van der Waals surface area (Å²) in [5.74, 6) is 0.0771. The molecule has 0 bridgehead atoms. The van der Waals surface area contributed by atoms with Crippen molar-refractivity contribution in [3.05, 3.63) is 35.4 Å². The second-order valence-electron chi connectivity index (χ2n) is 4.17. The maximum atomic E-state index is 11.1. The maximum Gasteiger partial charge on any atom is 0.306 e. The molecule has 16 heavy (non-hydrogen) atoms. The third-order valence-electron chi connectivity index (χ3n) is 2.79. The second-order valence-corrected chi connectivity index (χ2v) is 4.17. The molecule has 2 heteroatoms.